The average molecular weight is 262 g/mol. The fraction of sp³-hybridized carbons (Fsp3) is 0.357. The number of aliphatic hydroxyl groups excluding tert-OH is 1. The molecule has 1 N–H and O–H groups in total. The molecule has 1 heterocycles. The molecule has 1 atom stereocenters. The fourth-order valence-corrected chi connectivity index (χ4v) is 2.66. The van der Waals surface area contributed by atoms with Crippen LogP contribution in [0.1, 0.15) is 25.3 Å². The van der Waals surface area contributed by atoms with Gasteiger partial charge >= 0.3 is 0 Å². The number of hydrogen-bond donors (Lipinski definition) is 1. The summed E-state index contributed by atoms with van der Waals surface area (Å²) in [6.07, 6.45) is 4.20. The van der Waals surface area contributed by atoms with Crippen molar-refractivity contribution >= 4 is 11.8 Å². The van der Waals surface area contributed by atoms with Crippen molar-refractivity contribution in [1.29, 1.82) is 0 Å². The highest BCUT2D eigenvalue weighted by Crippen LogP contribution is 2.23. The first-order valence-electron chi connectivity index (χ1n) is 6.18. The minimum Gasteiger partial charge on any atom is -0.384 e. The number of rotatable bonds is 6. The van der Waals surface area contributed by atoms with Crippen molar-refractivity contribution in [2.45, 2.75) is 30.9 Å². The van der Waals surface area contributed by atoms with E-state index in [0.717, 1.165) is 18.8 Å². The molecule has 0 radical (unpaired) electrons. The maximum absolute atomic E-state index is 10.2. The summed E-state index contributed by atoms with van der Waals surface area (Å²) in [6.45, 7) is 3.03. The lowest BCUT2D eigenvalue weighted by Gasteiger charge is -2.12. The second kappa shape index (κ2) is 6.61. The van der Waals surface area contributed by atoms with Crippen LogP contribution in [0.3, 0.4) is 0 Å². The van der Waals surface area contributed by atoms with Crippen molar-refractivity contribution < 1.29 is 5.11 Å². The molecular formula is C14H18N2OS. The SMILES string of the molecule is CCCn1ccnc1C(O)CSc1ccccc1. The number of thioether (sulfide) groups is 1. The predicted molar refractivity (Wildman–Crippen MR) is 74.6 cm³/mol. The highest BCUT2D eigenvalue weighted by molar-refractivity contribution is 7.99. The van der Waals surface area contributed by atoms with Gasteiger partial charge in [0.15, 0.2) is 0 Å². The molecule has 1 aromatic heterocycles. The molecule has 0 aliphatic rings. The normalized spacial score (nSPS) is 12.6. The third-order valence-electron chi connectivity index (χ3n) is 2.66. The average Bonchev–Trinajstić information content (AvgIpc) is 2.86. The van der Waals surface area contributed by atoms with Gasteiger partial charge in [0, 0.05) is 29.6 Å². The molecule has 0 fully saturated rings. The Balaban J connectivity index is 1.95. The van der Waals surface area contributed by atoms with Crippen LogP contribution >= 0.6 is 11.8 Å². The van der Waals surface area contributed by atoms with Crippen LogP contribution in [0.15, 0.2) is 47.6 Å². The number of aryl methyl sites for hydroxylation is 1. The van der Waals surface area contributed by atoms with Gasteiger partial charge in [-0.05, 0) is 18.6 Å². The topological polar surface area (TPSA) is 38.0 Å². The summed E-state index contributed by atoms with van der Waals surface area (Å²) in [5.41, 5.74) is 0. The zero-order valence-electron chi connectivity index (χ0n) is 10.5. The molecule has 4 heteroatoms. The van der Waals surface area contributed by atoms with E-state index in [-0.39, 0.29) is 0 Å². The molecule has 3 nitrogen and oxygen atoms in total. The molecule has 1 aromatic carbocycles. The van der Waals surface area contributed by atoms with E-state index < -0.39 is 6.10 Å². The van der Waals surface area contributed by atoms with E-state index in [0.29, 0.717) is 5.75 Å². The van der Waals surface area contributed by atoms with Crippen LogP contribution in [0.2, 0.25) is 0 Å². The largest absolute Gasteiger partial charge is 0.384 e. The second-order valence-corrected chi connectivity index (χ2v) is 5.21. The molecule has 0 saturated carbocycles. The predicted octanol–water partition coefficient (Wildman–Crippen LogP) is 3.12. The molecule has 96 valence electrons. The van der Waals surface area contributed by atoms with E-state index in [9.17, 15) is 5.11 Å². The Morgan fingerprint density at radius 2 is 2.11 bits per heavy atom. The van der Waals surface area contributed by atoms with Gasteiger partial charge in [-0.3, -0.25) is 0 Å². The van der Waals surface area contributed by atoms with Crippen LogP contribution in [-0.2, 0) is 6.54 Å². The minimum atomic E-state index is -0.517. The lowest BCUT2D eigenvalue weighted by Crippen LogP contribution is -2.10. The van der Waals surface area contributed by atoms with Gasteiger partial charge in [-0.2, -0.15) is 0 Å². The van der Waals surface area contributed by atoms with Crippen LogP contribution in [0.5, 0.6) is 0 Å². The standard InChI is InChI=1S/C14H18N2OS/c1-2-9-16-10-8-15-14(16)13(17)11-18-12-6-4-3-5-7-12/h3-8,10,13,17H,2,9,11H2,1H3. The van der Waals surface area contributed by atoms with Crippen molar-refractivity contribution in [1.82, 2.24) is 9.55 Å². The fourth-order valence-electron chi connectivity index (χ4n) is 1.81. The van der Waals surface area contributed by atoms with Crippen molar-refractivity contribution in [2.24, 2.45) is 0 Å². The number of aliphatic hydroxyl groups is 1. The lowest BCUT2D eigenvalue weighted by atomic mass is 10.3. The first-order chi connectivity index (χ1) is 8.81. The van der Waals surface area contributed by atoms with E-state index >= 15 is 0 Å². The highest BCUT2D eigenvalue weighted by atomic mass is 32.2. The quantitative estimate of drug-likeness (QED) is 0.813. The van der Waals surface area contributed by atoms with Crippen molar-refractivity contribution in [3.8, 4) is 0 Å². The summed E-state index contributed by atoms with van der Waals surface area (Å²) in [6, 6.07) is 10.1. The zero-order chi connectivity index (χ0) is 12.8. The number of imidazole rings is 1. The van der Waals surface area contributed by atoms with E-state index in [4.69, 9.17) is 0 Å². The van der Waals surface area contributed by atoms with Gasteiger partial charge in [0.25, 0.3) is 0 Å². The van der Waals surface area contributed by atoms with Gasteiger partial charge in [-0.1, -0.05) is 25.1 Å². The van der Waals surface area contributed by atoms with E-state index in [1.54, 1.807) is 18.0 Å². The molecule has 0 saturated heterocycles. The Kier molecular flexibility index (Phi) is 4.84. The Morgan fingerprint density at radius 3 is 2.83 bits per heavy atom. The third kappa shape index (κ3) is 3.37. The Labute approximate surface area is 112 Å². The van der Waals surface area contributed by atoms with E-state index in [1.807, 2.05) is 29.0 Å². The first kappa shape index (κ1) is 13.2. The van der Waals surface area contributed by atoms with Crippen molar-refractivity contribution in [3.05, 3.63) is 48.5 Å². The maximum atomic E-state index is 10.2. The van der Waals surface area contributed by atoms with Crippen LogP contribution in [-0.4, -0.2) is 20.4 Å². The van der Waals surface area contributed by atoms with E-state index in [1.165, 1.54) is 4.90 Å². The molecule has 0 aliphatic heterocycles. The Bertz CT molecular complexity index is 470. The first-order valence-corrected chi connectivity index (χ1v) is 7.16. The van der Waals surface area contributed by atoms with Gasteiger partial charge in [-0.15, -0.1) is 11.8 Å². The van der Waals surface area contributed by atoms with Crippen LogP contribution < -0.4 is 0 Å². The molecule has 2 aromatic rings. The molecular weight excluding hydrogens is 244 g/mol. The molecule has 2 rings (SSSR count). The molecule has 0 amide bonds. The highest BCUT2D eigenvalue weighted by Gasteiger charge is 2.13. The monoisotopic (exact) mass is 262 g/mol. The Hall–Kier alpha value is -1.26. The number of aromatic nitrogens is 2. The lowest BCUT2D eigenvalue weighted by molar-refractivity contribution is 0.188. The van der Waals surface area contributed by atoms with Gasteiger partial charge < -0.3 is 9.67 Å². The summed E-state index contributed by atoms with van der Waals surface area (Å²) >= 11 is 1.65. The van der Waals surface area contributed by atoms with E-state index in [2.05, 4.69) is 24.0 Å². The molecule has 1 unspecified atom stereocenters. The van der Waals surface area contributed by atoms with Crippen LogP contribution in [0, 0.1) is 0 Å². The van der Waals surface area contributed by atoms with Gasteiger partial charge in [-0.25, -0.2) is 4.98 Å². The molecule has 0 bridgehead atoms. The van der Waals surface area contributed by atoms with Gasteiger partial charge in [0.05, 0.1) is 0 Å². The molecule has 18 heavy (non-hydrogen) atoms. The van der Waals surface area contributed by atoms with Crippen LogP contribution in [0.25, 0.3) is 0 Å². The minimum absolute atomic E-state index is 0.517. The second-order valence-electron chi connectivity index (χ2n) is 4.12. The summed E-state index contributed by atoms with van der Waals surface area (Å²) in [7, 11) is 0. The maximum Gasteiger partial charge on any atom is 0.138 e. The van der Waals surface area contributed by atoms with Gasteiger partial charge in [0.2, 0.25) is 0 Å². The third-order valence-corrected chi connectivity index (χ3v) is 3.75. The Morgan fingerprint density at radius 1 is 1.33 bits per heavy atom. The summed E-state index contributed by atoms with van der Waals surface area (Å²) in [4.78, 5) is 5.42. The number of nitrogens with zero attached hydrogens (tertiary/aromatic N) is 2. The number of benzene rings is 1. The van der Waals surface area contributed by atoms with Crippen LogP contribution in [0.4, 0.5) is 0 Å². The van der Waals surface area contributed by atoms with Gasteiger partial charge in [0.1, 0.15) is 11.9 Å². The van der Waals surface area contributed by atoms with Crippen molar-refractivity contribution in [2.75, 3.05) is 5.75 Å². The molecule has 0 aliphatic carbocycles. The molecule has 0 spiro atoms. The summed E-state index contributed by atoms with van der Waals surface area (Å²) < 4.78 is 2.02. The summed E-state index contributed by atoms with van der Waals surface area (Å²) in [5, 5.41) is 10.2. The summed E-state index contributed by atoms with van der Waals surface area (Å²) in [5.74, 6) is 1.39. The number of hydrogen-bond acceptors (Lipinski definition) is 3. The smallest absolute Gasteiger partial charge is 0.138 e. The van der Waals surface area contributed by atoms with Crippen molar-refractivity contribution in [3.63, 3.8) is 0 Å². The zero-order valence-corrected chi connectivity index (χ0v) is 11.3.